The molecule has 0 radical (unpaired) electrons. The quantitative estimate of drug-likeness (QED) is 0.336. The van der Waals surface area contributed by atoms with Crippen LogP contribution in [0.5, 0.6) is 0 Å². The van der Waals surface area contributed by atoms with E-state index in [4.69, 9.17) is 0 Å². The van der Waals surface area contributed by atoms with Gasteiger partial charge in [0.25, 0.3) is 0 Å². The Balaban J connectivity index is 2.24. The Morgan fingerprint density at radius 1 is 0.393 bits per heavy atom. The minimum atomic E-state index is -1.60. The average Bonchev–Trinajstić information content (AvgIpc) is 2.73. The largest absolute Gasteiger partial charge is 0.132 e. The summed E-state index contributed by atoms with van der Waals surface area (Å²) >= 11 is 0. The molecule has 0 aliphatic rings. The minimum absolute atomic E-state index is 1.34. The Morgan fingerprint density at radius 3 is 1.07 bits per heavy atom. The molecule has 0 fully saturated rings. The van der Waals surface area contributed by atoms with E-state index in [1.165, 1.54) is 36.3 Å². The van der Waals surface area contributed by atoms with E-state index in [1.807, 2.05) is 0 Å². The van der Waals surface area contributed by atoms with E-state index in [1.54, 1.807) is 0 Å². The van der Waals surface area contributed by atoms with E-state index in [-0.39, 0.29) is 0 Å². The summed E-state index contributed by atoms with van der Waals surface area (Å²) in [6, 6.07) is 37.8. The third-order valence-corrected chi connectivity index (χ3v) is 9.70. The molecule has 0 spiro atoms. The van der Waals surface area contributed by atoms with Crippen molar-refractivity contribution in [3.63, 3.8) is 0 Å². The molecule has 0 amide bonds. The van der Waals surface area contributed by atoms with Crippen LogP contribution in [-0.4, -0.2) is 0 Å². The van der Waals surface area contributed by atoms with E-state index in [9.17, 15) is 0 Å². The Labute approximate surface area is 170 Å². The summed E-state index contributed by atoms with van der Waals surface area (Å²) in [5.41, 5.74) is 4.02. The van der Waals surface area contributed by atoms with Gasteiger partial charge in [-0.3, -0.25) is 0 Å². The van der Waals surface area contributed by atoms with Crippen molar-refractivity contribution >= 4 is 10.0 Å². The van der Waals surface area contributed by atoms with Crippen LogP contribution in [0.2, 0.25) is 0 Å². The molecule has 0 saturated heterocycles. The molecule has 0 N–H and O–H groups in total. The topological polar surface area (TPSA) is 0 Å². The van der Waals surface area contributed by atoms with Crippen molar-refractivity contribution in [2.24, 2.45) is 0 Å². The molecule has 0 saturated carbocycles. The van der Waals surface area contributed by atoms with Crippen molar-refractivity contribution in [3.8, 4) is 0 Å². The van der Waals surface area contributed by atoms with Gasteiger partial charge < -0.3 is 0 Å². The van der Waals surface area contributed by atoms with Crippen LogP contribution in [0.1, 0.15) is 16.7 Å². The zero-order valence-electron chi connectivity index (χ0n) is 16.7. The molecule has 1 heteroatoms. The van der Waals surface area contributed by atoms with Gasteiger partial charge in [0.15, 0.2) is 0 Å². The van der Waals surface area contributed by atoms with Crippen LogP contribution < -0.4 is 0 Å². The third kappa shape index (κ3) is 2.96. The zero-order valence-corrected chi connectivity index (χ0v) is 17.5. The fraction of sp³-hybridized carbons (Fsp3) is 0.111. The molecule has 0 aromatic heterocycles. The van der Waals surface area contributed by atoms with E-state index < -0.39 is 10.0 Å². The highest BCUT2D eigenvalue weighted by Gasteiger charge is 2.36. The number of hydrogen-bond acceptors (Lipinski definition) is 0. The summed E-state index contributed by atoms with van der Waals surface area (Å²) in [5.74, 6) is 0. The van der Waals surface area contributed by atoms with Gasteiger partial charge >= 0.3 is 0 Å². The van der Waals surface area contributed by atoms with Crippen LogP contribution in [0.4, 0.5) is 0 Å². The van der Waals surface area contributed by atoms with Crippen LogP contribution in [0.3, 0.4) is 0 Å². The van der Waals surface area contributed by atoms with Crippen molar-refractivity contribution in [2.45, 2.75) is 40.4 Å². The highest BCUT2D eigenvalue weighted by molar-refractivity contribution is 8.34. The van der Waals surface area contributed by atoms with Crippen LogP contribution >= 0.6 is 10.0 Å². The molecule has 4 rings (SSSR count). The first-order valence-electron chi connectivity index (χ1n) is 9.71. The normalized spacial score (nSPS) is 12.0. The highest BCUT2D eigenvalue weighted by Crippen LogP contribution is 2.75. The standard InChI is InChI=1S/C27H26S/c1-21-13-7-10-18-25(21)28(24-16-5-4-6-17-24,26-19-11-8-14-22(26)2)27-20-12-9-15-23(27)3/h4-20H,1-3H3. The molecule has 0 atom stereocenters. The summed E-state index contributed by atoms with van der Waals surface area (Å²) in [4.78, 5) is 5.65. The number of benzene rings is 4. The maximum Gasteiger partial charge on any atom is 0.00523 e. The van der Waals surface area contributed by atoms with Crippen LogP contribution in [0, 0.1) is 20.8 Å². The average molecular weight is 383 g/mol. The smallest absolute Gasteiger partial charge is 0.00523 e. The maximum absolute atomic E-state index is 2.33. The molecular weight excluding hydrogens is 356 g/mol. The second-order valence-corrected chi connectivity index (χ2v) is 10.2. The Kier molecular flexibility index (Phi) is 5.11. The Hall–Kier alpha value is -2.77. The molecule has 4 aromatic rings. The van der Waals surface area contributed by atoms with E-state index >= 15 is 0 Å². The van der Waals surface area contributed by atoms with Gasteiger partial charge in [-0.1, -0.05) is 72.8 Å². The monoisotopic (exact) mass is 382 g/mol. The highest BCUT2D eigenvalue weighted by atomic mass is 32.3. The van der Waals surface area contributed by atoms with Crippen LogP contribution in [-0.2, 0) is 0 Å². The number of rotatable bonds is 4. The molecule has 0 bridgehead atoms. The van der Waals surface area contributed by atoms with Crippen LogP contribution in [0.15, 0.2) is 123 Å². The minimum Gasteiger partial charge on any atom is -0.132 e. The molecular formula is C27H26S. The number of aryl methyl sites for hydroxylation is 3. The lowest BCUT2D eigenvalue weighted by Crippen LogP contribution is -2.09. The number of hydrogen-bond donors (Lipinski definition) is 0. The molecule has 0 nitrogen and oxygen atoms in total. The maximum atomic E-state index is 2.33. The molecule has 0 heterocycles. The van der Waals surface area contributed by atoms with Crippen molar-refractivity contribution in [2.75, 3.05) is 0 Å². The van der Waals surface area contributed by atoms with Crippen molar-refractivity contribution < 1.29 is 0 Å². The van der Waals surface area contributed by atoms with Crippen molar-refractivity contribution in [3.05, 3.63) is 120 Å². The second kappa shape index (κ2) is 7.69. The summed E-state index contributed by atoms with van der Waals surface area (Å²) in [5, 5.41) is 0. The Morgan fingerprint density at radius 2 is 0.714 bits per heavy atom. The third-order valence-electron chi connectivity index (χ3n) is 5.37. The van der Waals surface area contributed by atoms with E-state index in [0.717, 1.165) is 0 Å². The molecule has 140 valence electrons. The van der Waals surface area contributed by atoms with Crippen molar-refractivity contribution in [1.82, 2.24) is 0 Å². The summed E-state index contributed by atoms with van der Waals surface area (Å²) in [6.07, 6.45) is 0. The van der Waals surface area contributed by atoms with Gasteiger partial charge in [-0.05, 0) is 67.8 Å². The zero-order chi connectivity index (χ0) is 19.6. The fourth-order valence-electron chi connectivity index (χ4n) is 4.06. The van der Waals surface area contributed by atoms with E-state index in [2.05, 4.69) is 124 Å². The fourth-order valence-corrected chi connectivity index (χ4v) is 8.60. The predicted octanol–water partition coefficient (Wildman–Crippen LogP) is 7.95. The van der Waals surface area contributed by atoms with Gasteiger partial charge in [-0.15, -0.1) is 10.0 Å². The first-order chi connectivity index (χ1) is 13.7. The van der Waals surface area contributed by atoms with Gasteiger partial charge in [0.2, 0.25) is 0 Å². The van der Waals surface area contributed by atoms with Gasteiger partial charge in [0.1, 0.15) is 0 Å². The van der Waals surface area contributed by atoms with Gasteiger partial charge in [0.05, 0.1) is 0 Å². The first-order valence-corrected chi connectivity index (χ1v) is 11.3. The summed E-state index contributed by atoms with van der Waals surface area (Å²) in [6.45, 7) is 6.74. The Bertz CT molecular complexity index is 985. The lowest BCUT2D eigenvalue weighted by molar-refractivity contribution is 1.15. The van der Waals surface area contributed by atoms with Gasteiger partial charge in [-0.2, -0.15) is 0 Å². The van der Waals surface area contributed by atoms with Crippen molar-refractivity contribution in [1.29, 1.82) is 0 Å². The second-order valence-electron chi connectivity index (χ2n) is 7.22. The summed E-state index contributed by atoms with van der Waals surface area (Å²) in [7, 11) is -1.60. The van der Waals surface area contributed by atoms with Gasteiger partial charge in [-0.25, -0.2) is 0 Å². The lowest BCUT2D eigenvalue weighted by Gasteiger charge is -2.44. The molecule has 0 aliphatic heterocycles. The van der Waals surface area contributed by atoms with E-state index in [0.29, 0.717) is 0 Å². The first kappa shape index (κ1) is 18.6. The predicted molar refractivity (Wildman–Crippen MR) is 121 cm³/mol. The molecule has 28 heavy (non-hydrogen) atoms. The SMILES string of the molecule is Cc1ccccc1S(c1ccccc1)(c1ccccc1C)c1ccccc1C. The molecule has 0 aliphatic carbocycles. The lowest BCUT2D eigenvalue weighted by atomic mass is 10.2. The molecule has 4 aromatic carbocycles. The van der Waals surface area contributed by atoms with Crippen LogP contribution in [0.25, 0.3) is 0 Å². The van der Waals surface area contributed by atoms with Gasteiger partial charge in [0, 0.05) is 19.6 Å². The summed E-state index contributed by atoms with van der Waals surface area (Å²) < 4.78 is 0. The molecule has 0 unspecified atom stereocenters.